The van der Waals surface area contributed by atoms with Crippen LogP contribution in [-0.4, -0.2) is 15.0 Å². The third-order valence-corrected chi connectivity index (χ3v) is 4.09. The van der Waals surface area contributed by atoms with E-state index in [1.165, 1.54) is 0 Å². The molecule has 1 aromatic carbocycles. The van der Waals surface area contributed by atoms with Gasteiger partial charge in [-0.15, -0.1) is 11.3 Å². The van der Waals surface area contributed by atoms with Gasteiger partial charge in [-0.05, 0) is 12.1 Å². The highest BCUT2D eigenvalue weighted by molar-refractivity contribution is 7.13. The Morgan fingerprint density at radius 2 is 1.77 bits per heavy atom. The normalized spacial score (nSPS) is 10.7. The van der Waals surface area contributed by atoms with E-state index < -0.39 is 0 Å². The fraction of sp³-hybridized carbons (Fsp3) is 0. The number of oxazole rings is 1. The second-order valence-electron chi connectivity index (χ2n) is 4.68. The first-order valence-corrected chi connectivity index (χ1v) is 7.66. The highest BCUT2D eigenvalue weighted by Crippen LogP contribution is 2.30. The van der Waals surface area contributed by atoms with Gasteiger partial charge in [0.15, 0.2) is 5.76 Å². The molecule has 0 amide bonds. The molecule has 3 aromatic heterocycles. The minimum Gasteiger partial charge on any atom is -0.435 e. The van der Waals surface area contributed by atoms with Crippen LogP contribution < -0.4 is 0 Å². The van der Waals surface area contributed by atoms with Crippen LogP contribution >= 0.6 is 11.3 Å². The summed E-state index contributed by atoms with van der Waals surface area (Å²) in [4.78, 5) is 13.0. The van der Waals surface area contributed by atoms with Gasteiger partial charge < -0.3 is 4.42 Å². The van der Waals surface area contributed by atoms with Crippen LogP contribution in [0.4, 0.5) is 0 Å². The minimum absolute atomic E-state index is 0.533. The fourth-order valence-electron chi connectivity index (χ4n) is 2.12. The molecule has 3 heterocycles. The maximum Gasteiger partial charge on any atom is 0.246 e. The van der Waals surface area contributed by atoms with Crippen molar-refractivity contribution >= 4 is 11.3 Å². The molecule has 106 valence electrons. The van der Waals surface area contributed by atoms with Gasteiger partial charge in [-0.25, -0.2) is 9.97 Å². The van der Waals surface area contributed by atoms with Gasteiger partial charge in [0.1, 0.15) is 10.7 Å². The molecule has 0 aliphatic rings. The molecule has 0 unspecified atom stereocenters. The van der Waals surface area contributed by atoms with Crippen LogP contribution in [0.5, 0.6) is 0 Å². The van der Waals surface area contributed by atoms with Gasteiger partial charge in [0.25, 0.3) is 0 Å². The Labute approximate surface area is 131 Å². The van der Waals surface area contributed by atoms with E-state index in [1.807, 2.05) is 47.8 Å². The van der Waals surface area contributed by atoms with Crippen molar-refractivity contribution in [3.8, 4) is 33.5 Å². The summed E-state index contributed by atoms with van der Waals surface area (Å²) >= 11 is 1.55. The number of nitrogens with zero attached hydrogens (tertiary/aromatic N) is 3. The molecule has 0 atom stereocenters. The highest BCUT2D eigenvalue weighted by Gasteiger charge is 2.12. The van der Waals surface area contributed by atoms with E-state index in [1.54, 1.807) is 29.9 Å². The van der Waals surface area contributed by atoms with E-state index in [0.717, 1.165) is 27.6 Å². The van der Waals surface area contributed by atoms with Crippen LogP contribution in [-0.2, 0) is 0 Å². The molecular formula is C17H11N3OS. The molecule has 0 aliphatic carbocycles. The van der Waals surface area contributed by atoms with Gasteiger partial charge in [-0.1, -0.05) is 30.3 Å². The fourth-order valence-corrected chi connectivity index (χ4v) is 2.91. The molecule has 4 nitrogen and oxygen atoms in total. The third kappa shape index (κ3) is 2.42. The summed E-state index contributed by atoms with van der Waals surface area (Å²) in [6, 6.07) is 13.8. The quantitative estimate of drug-likeness (QED) is 0.558. The minimum atomic E-state index is 0.533. The van der Waals surface area contributed by atoms with Crippen LogP contribution in [0.1, 0.15) is 0 Å². The monoisotopic (exact) mass is 305 g/mol. The SMILES string of the molecule is c1ccc(-c2cnc(-c3csc(-c4cccnc4)n3)o2)cc1. The maximum absolute atomic E-state index is 5.82. The molecule has 0 saturated heterocycles. The lowest BCUT2D eigenvalue weighted by Gasteiger charge is -1.94. The first-order valence-electron chi connectivity index (χ1n) is 6.78. The maximum atomic E-state index is 5.82. The summed E-state index contributed by atoms with van der Waals surface area (Å²) in [5.41, 5.74) is 2.74. The Balaban J connectivity index is 1.66. The van der Waals surface area contributed by atoms with E-state index in [9.17, 15) is 0 Å². The number of rotatable bonds is 3. The Morgan fingerprint density at radius 3 is 2.59 bits per heavy atom. The summed E-state index contributed by atoms with van der Waals surface area (Å²) < 4.78 is 5.82. The van der Waals surface area contributed by atoms with Gasteiger partial charge >= 0.3 is 0 Å². The van der Waals surface area contributed by atoms with Crippen LogP contribution in [0, 0.1) is 0 Å². The highest BCUT2D eigenvalue weighted by atomic mass is 32.1. The molecule has 4 rings (SSSR count). The second-order valence-corrected chi connectivity index (χ2v) is 5.53. The van der Waals surface area contributed by atoms with Crippen molar-refractivity contribution in [2.75, 3.05) is 0 Å². The molecule has 0 aliphatic heterocycles. The zero-order valence-electron chi connectivity index (χ0n) is 11.5. The Hall–Kier alpha value is -2.79. The molecule has 0 radical (unpaired) electrons. The van der Waals surface area contributed by atoms with E-state index >= 15 is 0 Å². The van der Waals surface area contributed by atoms with Crippen molar-refractivity contribution in [1.82, 2.24) is 15.0 Å². The molecule has 0 saturated carbocycles. The first kappa shape index (κ1) is 12.9. The molecule has 0 bridgehead atoms. The second kappa shape index (κ2) is 5.54. The topological polar surface area (TPSA) is 51.8 Å². The van der Waals surface area contributed by atoms with Crippen molar-refractivity contribution in [1.29, 1.82) is 0 Å². The van der Waals surface area contributed by atoms with Crippen LogP contribution in [0.3, 0.4) is 0 Å². The lowest BCUT2D eigenvalue weighted by molar-refractivity contribution is 0.587. The van der Waals surface area contributed by atoms with Crippen LogP contribution in [0.15, 0.2) is 70.9 Å². The third-order valence-electron chi connectivity index (χ3n) is 3.20. The summed E-state index contributed by atoms with van der Waals surface area (Å²) in [7, 11) is 0. The Kier molecular flexibility index (Phi) is 3.25. The zero-order chi connectivity index (χ0) is 14.8. The van der Waals surface area contributed by atoms with Crippen molar-refractivity contribution in [3.05, 3.63) is 66.4 Å². The van der Waals surface area contributed by atoms with Gasteiger partial charge in [0.2, 0.25) is 5.89 Å². The molecule has 5 heteroatoms. The average Bonchev–Trinajstić information content (AvgIpc) is 3.26. The van der Waals surface area contributed by atoms with Crippen molar-refractivity contribution < 1.29 is 4.42 Å². The van der Waals surface area contributed by atoms with Gasteiger partial charge in [-0.3, -0.25) is 4.98 Å². The number of hydrogen-bond acceptors (Lipinski definition) is 5. The lowest BCUT2D eigenvalue weighted by Crippen LogP contribution is -1.79. The lowest BCUT2D eigenvalue weighted by atomic mass is 10.2. The Morgan fingerprint density at radius 1 is 0.909 bits per heavy atom. The predicted octanol–water partition coefficient (Wildman–Crippen LogP) is 4.53. The summed E-state index contributed by atoms with van der Waals surface area (Å²) in [5.74, 6) is 1.27. The Bertz CT molecular complexity index is 809. The summed E-state index contributed by atoms with van der Waals surface area (Å²) in [6.45, 7) is 0. The zero-order valence-corrected chi connectivity index (χ0v) is 12.3. The van der Waals surface area contributed by atoms with E-state index in [4.69, 9.17) is 4.42 Å². The van der Waals surface area contributed by atoms with E-state index in [2.05, 4.69) is 15.0 Å². The summed E-state index contributed by atoms with van der Waals surface area (Å²) in [6.07, 6.45) is 5.28. The van der Waals surface area contributed by atoms with Crippen molar-refractivity contribution in [2.45, 2.75) is 0 Å². The summed E-state index contributed by atoms with van der Waals surface area (Å²) in [5, 5.41) is 2.85. The van der Waals surface area contributed by atoms with E-state index in [0.29, 0.717) is 5.89 Å². The molecule has 22 heavy (non-hydrogen) atoms. The molecular weight excluding hydrogens is 294 g/mol. The molecule has 0 N–H and O–H groups in total. The van der Waals surface area contributed by atoms with Gasteiger partial charge in [0, 0.05) is 28.9 Å². The van der Waals surface area contributed by atoms with Gasteiger partial charge in [0.05, 0.1) is 6.20 Å². The number of pyridine rings is 1. The molecule has 4 aromatic rings. The van der Waals surface area contributed by atoms with Crippen LogP contribution in [0.25, 0.3) is 33.5 Å². The largest absolute Gasteiger partial charge is 0.435 e. The first-order chi connectivity index (χ1) is 10.9. The van der Waals surface area contributed by atoms with Crippen LogP contribution in [0.2, 0.25) is 0 Å². The molecule has 0 fully saturated rings. The van der Waals surface area contributed by atoms with Crippen molar-refractivity contribution in [3.63, 3.8) is 0 Å². The molecule has 0 spiro atoms. The average molecular weight is 305 g/mol. The number of hydrogen-bond donors (Lipinski definition) is 0. The van der Waals surface area contributed by atoms with Gasteiger partial charge in [-0.2, -0.15) is 0 Å². The van der Waals surface area contributed by atoms with E-state index in [-0.39, 0.29) is 0 Å². The standard InChI is InChI=1S/C17H11N3OS/c1-2-5-12(6-3-1)15-10-19-16(21-15)14-11-22-17(20-14)13-7-4-8-18-9-13/h1-11H. The van der Waals surface area contributed by atoms with Crippen molar-refractivity contribution in [2.24, 2.45) is 0 Å². The number of thiazole rings is 1. The number of aromatic nitrogens is 3. The predicted molar refractivity (Wildman–Crippen MR) is 86.3 cm³/mol. The smallest absolute Gasteiger partial charge is 0.246 e. The number of benzene rings is 1.